The zero-order chi connectivity index (χ0) is 15.9. The van der Waals surface area contributed by atoms with Crippen molar-refractivity contribution in [2.45, 2.75) is 6.61 Å². The lowest BCUT2D eigenvalue weighted by Gasteiger charge is -2.08. The van der Waals surface area contributed by atoms with Crippen molar-refractivity contribution >= 4 is 11.8 Å². The predicted octanol–water partition coefficient (Wildman–Crippen LogP) is 2.31. The van der Waals surface area contributed by atoms with Gasteiger partial charge in [0, 0.05) is 12.7 Å². The summed E-state index contributed by atoms with van der Waals surface area (Å²) < 4.78 is 9.60. The fraction of sp³-hybridized carbons (Fsp3) is 0.176. The third-order valence-corrected chi connectivity index (χ3v) is 3.00. The van der Waals surface area contributed by atoms with Crippen LogP contribution in [-0.2, 0) is 20.9 Å². The highest BCUT2D eigenvalue weighted by molar-refractivity contribution is 6.10. The molecule has 5 nitrogen and oxygen atoms in total. The first-order valence-electron chi connectivity index (χ1n) is 6.68. The third-order valence-electron chi connectivity index (χ3n) is 3.00. The largest absolute Gasteiger partial charge is 0.507 e. The first-order valence-corrected chi connectivity index (χ1v) is 6.68. The number of ether oxygens (including phenoxy) is 2. The molecule has 0 fully saturated rings. The standard InChI is InChI=1S/C17H16O5/c1-21-11-16(19)22-10-12-7-8-14(15(18)9-12)17(20)13-5-3-2-4-6-13/h2-9,18H,10-11H2,1H3. The Kier molecular flexibility index (Phi) is 5.27. The summed E-state index contributed by atoms with van der Waals surface area (Å²) in [6, 6.07) is 13.3. The molecule has 2 aromatic carbocycles. The SMILES string of the molecule is COCC(=O)OCc1ccc(C(=O)c2ccccc2)c(O)c1. The topological polar surface area (TPSA) is 72.8 Å². The smallest absolute Gasteiger partial charge is 0.332 e. The molecule has 0 aliphatic heterocycles. The van der Waals surface area contributed by atoms with E-state index in [-0.39, 0.29) is 30.3 Å². The monoisotopic (exact) mass is 300 g/mol. The number of hydrogen-bond donors (Lipinski definition) is 1. The number of rotatable bonds is 6. The predicted molar refractivity (Wildman–Crippen MR) is 79.7 cm³/mol. The van der Waals surface area contributed by atoms with Gasteiger partial charge in [-0.1, -0.05) is 36.4 Å². The minimum Gasteiger partial charge on any atom is -0.507 e. The minimum atomic E-state index is -0.494. The summed E-state index contributed by atoms with van der Waals surface area (Å²) in [7, 11) is 1.40. The average molecular weight is 300 g/mol. The summed E-state index contributed by atoms with van der Waals surface area (Å²) in [5, 5.41) is 10.0. The van der Waals surface area contributed by atoms with E-state index in [1.165, 1.54) is 19.2 Å². The van der Waals surface area contributed by atoms with Gasteiger partial charge in [-0.3, -0.25) is 4.79 Å². The molecule has 0 amide bonds. The highest BCUT2D eigenvalue weighted by atomic mass is 16.6. The normalized spacial score (nSPS) is 10.2. The number of esters is 1. The Hall–Kier alpha value is -2.66. The zero-order valence-electron chi connectivity index (χ0n) is 12.1. The van der Waals surface area contributed by atoms with Crippen molar-refractivity contribution in [2.75, 3.05) is 13.7 Å². The molecular formula is C17H16O5. The van der Waals surface area contributed by atoms with E-state index >= 15 is 0 Å². The maximum Gasteiger partial charge on any atom is 0.332 e. The van der Waals surface area contributed by atoms with Crippen molar-refractivity contribution in [1.29, 1.82) is 0 Å². The van der Waals surface area contributed by atoms with Crippen LogP contribution in [0.15, 0.2) is 48.5 Å². The van der Waals surface area contributed by atoms with Crippen LogP contribution in [0.25, 0.3) is 0 Å². The van der Waals surface area contributed by atoms with Crippen LogP contribution in [0.4, 0.5) is 0 Å². The second kappa shape index (κ2) is 7.38. The summed E-state index contributed by atoms with van der Waals surface area (Å²) in [6.45, 7) is -0.119. The van der Waals surface area contributed by atoms with E-state index in [4.69, 9.17) is 4.74 Å². The molecule has 0 radical (unpaired) electrons. The van der Waals surface area contributed by atoms with Gasteiger partial charge in [-0.05, 0) is 17.7 Å². The van der Waals surface area contributed by atoms with Gasteiger partial charge >= 0.3 is 5.97 Å². The van der Waals surface area contributed by atoms with Gasteiger partial charge in [-0.2, -0.15) is 0 Å². The van der Waals surface area contributed by atoms with Crippen LogP contribution in [0, 0.1) is 0 Å². The van der Waals surface area contributed by atoms with Gasteiger partial charge < -0.3 is 14.6 Å². The first kappa shape index (κ1) is 15.7. The van der Waals surface area contributed by atoms with Gasteiger partial charge in [0.25, 0.3) is 0 Å². The Balaban J connectivity index is 2.10. The number of aromatic hydroxyl groups is 1. The lowest BCUT2D eigenvalue weighted by atomic mass is 10.0. The molecule has 5 heteroatoms. The molecule has 0 heterocycles. The summed E-state index contributed by atoms with van der Waals surface area (Å²) in [5.74, 6) is -0.901. The highest BCUT2D eigenvalue weighted by Gasteiger charge is 2.14. The number of methoxy groups -OCH3 is 1. The molecule has 0 aliphatic rings. The molecule has 22 heavy (non-hydrogen) atoms. The van der Waals surface area contributed by atoms with Crippen LogP contribution < -0.4 is 0 Å². The number of phenols is 1. The molecule has 0 aromatic heterocycles. The molecule has 0 spiro atoms. The van der Waals surface area contributed by atoms with Gasteiger partial charge in [-0.25, -0.2) is 4.79 Å². The number of phenolic OH excluding ortho intramolecular Hbond substituents is 1. The van der Waals surface area contributed by atoms with Crippen LogP contribution in [-0.4, -0.2) is 30.6 Å². The Morgan fingerprint density at radius 1 is 1.09 bits per heavy atom. The van der Waals surface area contributed by atoms with E-state index in [1.54, 1.807) is 30.3 Å². The Labute approximate surface area is 128 Å². The van der Waals surface area contributed by atoms with Gasteiger partial charge in [-0.15, -0.1) is 0 Å². The third kappa shape index (κ3) is 3.93. The number of carbonyl (C=O) groups is 2. The summed E-state index contributed by atoms with van der Waals surface area (Å²) >= 11 is 0. The fourth-order valence-corrected chi connectivity index (χ4v) is 1.93. The molecular weight excluding hydrogens is 284 g/mol. The van der Waals surface area contributed by atoms with Crippen molar-refractivity contribution < 1.29 is 24.2 Å². The van der Waals surface area contributed by atoms with Crippen molar-refractivity contribution in [3.63, 3.8) is 0 Å². The number of carbonyl (C=O) groups excluding carboxylic acids is 2. The van der Waals surface area contributed by atoms with Crippen LogP contribution in [0.1, 0.15) is 21.5 Å². The molecule has 1 N–H and O–H groups in total. The van der Waals surface area contributed by atoms with Crippen molar-refractivity contribution in [1.82, 2.24) is 0 Å². The second-order valence-electron chi connectivity index (χ2n) is 4.64. The highest BCUT2D eigenvalue weighted by Crippen LogP contribution is 2.22. The molecule has 0 unspecified atom stereocenters. The zero-order valence-corrected chi connectivity index (χ0v) is 12.1. The molecule has 2 rings (SSSR count). The maximum atomic E-state index is 12.3. The summed E-state index contributed by atoms with van der Waals surface area (Å²) in [5.41, 5.74) is 1.29. The molecule has 2 aromatic rings. The number of ketones is 1. The first-order chi connectivity index (χ1) is 10.6. The van der Waals surface area contributed by atoms with Crippen molar-refractivity contribution in [2.24, 2.45) is 0 Å². The molecule has 0 aliphatic carbocycles. The van der Waals surface area contributed by atoms with E-state index in [1.807, 2.05) is 6.07 Å². The van der Waals surface area contributed by atoms with E-state index in [2.05, 4.69) is 4.74 Å². The summed E-state index contributed by atoms with van der Waals surface area (Å²) in [4.78, 5) is 23.5. The summed E-state index contributed by atoms with van der Waals surface area (Å²) in [6.07, 6.45) is 0. The second-order valence-corrected chi connectivity index (χ2v) is 4.64. The van der Waals surface area contributed by atoms with Gasteiger partial charge in [0.1, 0.15) is 19.0 Å². The van der Waals surface area contributed by atoms with Gasteiger partial charge in [0.2, 0.25) is 0 Å². The van der Waals surface area contributed by atoms with Crippen LogP contribution in [0.2, 0.25) is 0 Å². The molecule has 0 bridgehead atoms. The van der Waals surface area contributed by atoms with Crippen molar-refractivity contribution in [3.05, 3.63) is 65.2 Å². The van der Waals surface area contributed by atoms with E-state index < -0.39 is 5.97 Å². The van der Waals surface area contributed by atoms with E-state index in [9.17, 15) is 14.7 Å². The van der Waals surface area contributed by atoms with E-state index in [0.29, 0.717) is 11.1 Å². The lowest BCUT2D eigenvalue weighted by Crippen LogP contribution is -2.11. The molecule has 0 saturated heterocycles. The van der Waals surface area contributed by atoms with Crippen LogP contribution in [0.3, 0.4) is 0 Å². The maximum absolute atomic E-state index is 12.3. The number of hydrogen-bond acceptors (Lipinski definition) is 5. The van der Waals surface area contributed by atoms with Crippen molar-refractivity contribution in [3.8, 4) is 5.75 Å². The lowest BCUT2D eigenvalue weighted by molar-refractivity contribution is -0.149. The fourth-order valence-electron chi connectivity index (χ4n) is 1.93. The molecule has 0 saturated carbocycles. The van der Waals surface area contributed by atoms with Crippen LogP contribution in [0.5, 0.6) is 5.75 Å². The average Bonchev–Trinajstić information content (AvgIpc) is 2.53. The Morgan fingerprint density at radius 3 is 2.45 bits per heavy atom. The van der Waals surface area contributed by atoms with Gasteiger partial charge in [0.15, 0.2) is 5.78 Å². The van der Waals surface area contributed by atoms with Crippen LogP contribution >= 0.6 is 0 Å². The quantitative estimate of drug-likeness (QED) is 0.654. The Morgan fingerprint density at radius 2 is 1.82 bits per heavy atom. The molecule has 114 valence electrons. The Bertz CT molecular complexity index is 664. The van der Waals surface area contributed by atoms with E-state index in [0.717, 1.165) is 0 Å². The molecule has 0 atom stereocenters. The van der Waals surface area contributed by atoms with Gasteiger partial charge in [0.05, 0.1) is 5.56 Å². The number of benzene rings is 2. The minimum absolute atomic E-state index is 0.00948.